The molecule has 0 radical (unpaired) electrons. The summed E-state index contributed by atoms with van der Waals surface area (Å²) < 4.78 is 0. The summed E-state index contributed by atoms with van der Waals surface area (Å²) in [5, 5.41) is 6.90. The summed E-state index contributed by atoms with van der Waals surface area (Å²) in [4.78, 5) is 9.10. The molecule has 1 saturated heterocycles. The monoisotopic (exact) mass is 262 g/mol. The topological polar surface area (TPSA) is 49.8 Å². The summed E-state index contributed by atoms with van der Waals surface area (Å²) in [6.45, 7) is 11.8. The fourth-order valence-electron chi connectivity index (χ4n) is 2.53. The summed E-state index contributed by atoms with van der Waals surface area (Å²) in [6, 6.07) is 2.07. The second kappa shape index (κ2) is 5.87. The Morgan fingerprint density at radius 2 is 2.21 bits per heavy atom. The van der Waals surface area contributed by atoms with E-state index in [0.29, 0.717) is 11.3 Å². The first-order chi connectivity index (χ1) is 8.98. The summed E-state index contributed by atoms with van der Waals surface area (Å²) in [6.07, 6.45) is 2.51. The van der Waals surface area contributed by atoms with Crippen LogP contribution in [0.1, 0.15) is 50.9 Å². The molecule has 0 aliphatic carbocycles. The van der Waals surface area contributed by atoms with Crippen molar-refractivity contribution in [2.45, 2.75) is 46.5 Å². The zero-order valence-corrected chi connectivity index (χ0v) is 12.6. The number of hydrogen-bond donors (Lipinski definition) is 2. The summed E-state index contributed by atoms with van der Waals surface area (Å²) >= 11 is 0. The standard InChI is InChI=1S/C15H26N4/c1-11(2)13-8-12(3)18-14(19-13)17-10-15(4)6-5-7-16-9-15/h8,11,16H,5-7,9-10H2,1-4H3,(H,17,18,19). The highest BCUT2D eigenvalue weighted by Gasteiger charge is 2.26. The third-order valence-electron chi connectivity index (χ3n) is 3.82. The maximum absolute atomic E-state index is 4.61. The number of hydrogen-bond acceptors (Lipinski definition) is 4. The van der Waals surface area contributed by atoms with Gasteiger partial charge in [0.25, 0.3) is 0 Å². The molecule has 1 atom stereocenters. The number of aromatic nitrogens is 2. The van der Waals surface area contributed by atoms with Gasteiger partial charge < -0.3 is 10.6 Å². The molecule has 1 aromatic rings. The molecule has 0 spiro atoms. The lowest BCUT2D eigenvalue weighted by molar-refractivity contribution is 0.253. The Labute approximate surface area is 116 Å². The molecule has 1 aliphatic rings. The van der Waals surface area contributed by atoms with Crippen molar-refractivity contribution in [2.24, 2.45) is 5.41 Å². The molecule has 1 unspecified atom stereocenters. The minimum Gasteiger partial charge on any atom is -0.354 e. The van der Waals surface area contributed by atoms with Gasteiger partial charge >= 0.3 is 0 Å². The van der Waals surface area contributed by atoms with Crippen molar-refractivity contribution in [2.75, 3.05) is 25.0 Å². The van der Waals surface area contributed by atoms with Gasteiger partial charge in [0.15, 0.2) is 0 Å². The molecule has 1 fully saturated rings. The van der Waals surface area contributed by atoms with Crippen LogP contribution in [0.5, 0.6) is 0 Å². The van der Waals surface area contributed by atoms with E-state index < -0.39 is 0 Å². The Bertz CT molecular complexity index is 422. The van der Waals surface area contributed by atoms with E-state index in [1.54, 1.807) is 0 Å². The van der Waals surface area contributed by atoms with Gasteiger partial charge in [-0.1, -0.05) is 20.8 Å². The molecule has 0 saturated carbocycles. The van der Waals surface area contributed by atoms with Crippen LogP contribution in [0, 0.1) is 12.3 Å². The molecule has 106 valence electrons. The smallest absolute Gasteiger partial charge is 0.223 e. The molecule has 0 amide bonds. The van der Waals surface area contributed by atoms with Gasteiger partial charge in [-0.15, -0.1) is 0 Å². The van der Waals surface area contributed by atoms with E-state index in [2.05, 4.69) is 47.4 Å². The molecular formula is C15H26N4. The minimum atomic E-state index is 0.309. The molecule has 2 N–H and O–H groups in total. The normalized spacial score (nSPS) is 23.6. The quantitative estimate of drug-likeness (QED) is 0.876. The van der Waals surface area contributed by atoms with Crippen LogP contribution in [-0.4, -0.2) is 29.6 Å². The van der Waals surface area contributed by atoms with Gasteiger partial charge in [0.1, 0.15) is 0 Å². The average Bonchev–Trinajstić information content (AvgIpc) is 2.37. The number of anilines is 1. The van der Waals surface area contributed by atoms with Crippen LogP contribution in [0.15, 0.2) is 6.07 Å². The van der Waals surface area contributed by atoms with Crippen molar-refractivity contribution >= 4 is 5.95 Å². The number of piperidine rings is 1. The molecule has 0 aromatic carbocycles. The zero-order valence-electron chi connectivity index (χ0n) is 12.6. The average molecular weight is 262 g/mol. The van der Waals surface area contributed by atoms with Gasteiger partial charge in [-0.3, -0.25) is 0 Å². The first-order valence-electron chi connectivity index (χ1n) is 7.29. The van der Waals surface area contributed by atoms with Gasteiger partial charge in [0.05, 0.1) is 0 Å². The van der Waals surface area contributed by atoms with Crippen molar-refractivity contribution in [3.05, 3.63) is 17.5 Å². The Morgan fingerprint density at radius 1 is 1.42 bits per heavy atom. The zero-order chi connectivity index (χ0) is 13.9. The van der Waals surface area contributed by atoms with E-state index >= 15 is 0 Å². The predicted molar refractivity (Wildman–Crippen MR) is 79.6 cm³/mol. The van der Waals surface area contributed by atoms with Crippen molar-refractivity contribution in [1.82, 2.24) is 15.3 Å². The number of rotatable bonds is 4. The van der Waals surface area contributed by atoms with Gasteiger partial charge in [-0.2, -0.15) is 0 Å². The van der Waals surface area contributed by atoms with E-state index in [-0.39, 0.29) is 0 Å². The van der Waals surface area contributed by atoms with E-state index in [9.17, 15) is 0 Å². The summed E-state index contributed by atoms with van der Waals surface area (Å²) in [7, 11) is 0. The van der Waals surface area contributed by atoms with Crippen LogP contribution in [0.25, 0.3) is 0 Å². The number of aryl methyl sites for hydroxylation is 1. The van der Waals surface area contributed by atoms with Gasteiger partial charge in [0, 0.05) is 24.5 Å². The first-order valence-corrected chi connectivity index (χ1v) is 7.29. The van der Waals surface area contributed by atoms with Crippen molar-refractivity contribution in [3.8, 4) is 0 Å². The molecule has 4 nitrogen and oxygen atoms in total. The highest BCUT2D eigenvalue weighted by molar-refractivity contribution is 5.29. The van der Waals surface area contributed by atoms with Crippen LogP contribution in [0.4, 0.5) is 5.95 Å². The third kappa shape index (κ3) is 3.90. The molecular weight excluding hydrogens is 236 g/mol. The molecule has 0 bridgehead atoms. The van der Waals surface area contributed by atoms with Crippen LogP contribution in [0.2, 0.25) is 0 Å². The molecule has 2 rings (SSSR count). The van der Waals surface area contributed by atoms with Crippen LogP contribution < -0.4 is 10.6 Å². The summed E-state index contributed by atoms with van der Waals surface area (Å²) in [5.74, 6) is 1.21. The Kier molecular flexibility index (Phi) is 4.40. The van der Waals surface area contributed by atoms with E-state index in [1.807, 2.05) is 6.92 Å². The largest absolute Gasteiger partial charge is 0.354 e. The molecule has 19 heavy (non-hydrogen) atoms. The second-order valence-corrected chi connectivity index (χ2v) is 6.36. The Morgan fingerprint density at radius 3 is 2.84 bits per heavy atom. The first kappa shape index (κ1) is 14.3. The van der Waals surface area contributed by atoms with Gasteiger partial charge in [-0.25, -0.2) is 9.97 Å². The minimum absolute atomic E-state index is 0.309. The third-order valence-corrected chi connectivity index (χ3v) is 3.82. The predicted octanol–water partition coefficient (Wildman–Crippen LogP) is 2.71. The Hall–Kier alpha value is -1.16. The number of nitrogens with zero attached hydrogens (tertiary/aromatic N) is 2. The lowest BCUT2D eigenvalue weighted by Crippen LogP contribution is -2.42. The molecule has 1 aromatic heterocycles. The summed E-state index contributed by atoms with van der Waals surface area (Å²) in [5.41, 5.74) is 2.46. The maximum atomic E-state index is 4.61. The lowest BCUT2D eigenvalue weighted by Gasteiger charge is -2.34. The van der Waals surface area contributed by atoms with Crippen molar-refractivity contribution < 1.29 is 0 Å². The SMILES string of the molecule is Cc1cc(C(C)C)nc(NCC2(C)CCCNC2)n1. The van der Waals surface area contributed by atoms with Crippen LogP contribution in [0.3, 0.4) is 0 Å². The fraction of sp³-hybridized carbons (Fsp3) is 0.733. The Balaban J connectivity index is 2.02. The fourth-order valence-corrected chi connectivity index (χ4v) is 2.53. The van der Waals surface area contributed by atoms with Crippen molar-refractivity contribution in [3.63, 3.8) is 0 Å². The van der Waals surface area contributed by atoms with E-state index in [4.69, 9.17) is 0 Å². The second-order valence-electron chi connectivity index (χ2n) is 6.36. The highest BCUT2D eigenvalue weighted by Crippen LogP contribution is 2.25. The lowest BCUT2D eigenvalue weighted by atomic mass is 9.83. The maximum Gasteiger partial charge on any atom is 0.223 e. The van der Waals surface area contributed by atoms with Gasteiger partial charge in [0.2, 0.25) is 5.95 Å². The van der Waals surface area contributed by atoms with E-state index in [1.165, 1.54) is 12.8 Å². The van der Waals surface area contributed by atoms with Gasteiger partial charge in [-0.05, 0) is 43.7 Å². The molecule has 1 aliphatic heterocycles. The van der Waals surface area contributed by atoms with Crippen molar-refractivity contribution in [1.29, 1.82) is 0 Å². The molecule has 2 heterocycles. The van der Waals surface area contributed by atoms with Crippen LogP contribution in [-0.2, 0) is 0 Å². The highest BCUT2D eigenvalue weighted by atomic mass is 15.1. The van der Waals surface area contributed by atoms with Crippen LogP contribution >= 0.6 is 0 Å². The molecule has 4 heteroatoms. The number of nitrogens with one attached hydrogen (secondary N) is 2. The van der Waals surface area contributed by atoms with E-state index in [0.717, 1.165) is 37.0 Å².